The van der Waals surface area contributed by atoms with Gasteiger partial charge in [0.2, 0.25) is 0 Å². The zero-order valence-corrected chi connectivity index (χ0v) is 12.3. The van der Waals surface area contributed by atoms with Crippen LogP contribution in [0.1, 0.15) is 38.2 Å². The van der Waals surface area contributed by atoms with Gasteiger partial charge in [-0.05, 0) is 37.0 Å². The smallest absolute Gasteiger partial charge is 0.138 e. The molecule has 1 aliphatic rings. The first kappa shape index (κ1) is 14.4. The van der Waals surface area contributed by atoms with Crippen LogP contribution in [0.4, 0.5) is 0 Å². The molecule has 0 radical (unpaired) electrons. The molecule has 0 atom stereocenters. The number of rotatable bonds is 5. The topological polar surface area (TPSA) is 35.2 Å². The van der Waals surface area contributed by atoms with E-state index in [1.807, 2.05) is 19.1 Å². The largest absolute Gasteiger partial charge is 0.488 e. The lowest BCUT2D eigenvalue weighted by Gasteiger charge is -2.29. The lowest BCUT2D eigenvalue weighted by Crippen LogP contribution is -2.32. The van der Waals surface area contributed by atoms with Gasteiger partial charge in [0.25, 0.3) is 0 Å². The maximum atomic E-state index is 6.53. The fourth-order valence-corrected chi connectivity index (χ4v) is 3.25. The van der Waals surface area contributed by atoms with E-state index in [2.05, 4.69) is 12.6 Å². The van der Waals surface area contributed by atoms with Crippen molar-refractivity contribution in [3.8, 4) is 5.75 Å². The molecule has 0 saturated heterocycles. The molecule has 3 heteroatoms. The van der Waals surface area contributed by atoms with Crippen molar-refractivity contribution in [2.45, 2.75) is 38.0 Å². The van der Waals surface area contributed by atoms with Gasteiger partial charge in [-0.1, -0.05) is 43.2 Å². The molecule has 19 heavy (non-hydrogen) atoms. The summed E-state index contributed by atoms with van der Waals surface area (Å²) in [5, 5.41) is 0.719. The zero-order valence-electron chi connectivity index (χ0n) is 11.5. The molecule has 1 fully saturated rings. The summed E-state index contributed by atoms with van der Waals surface area (Å²) in [5.74, 6) is 0.738. The Morgan fingerprint density at radius 2 is 2.11 bits per heavy atom. The normalized spacial score (nSPS) is 17.4. The molecule has 2 nitrogen and oxygen atoms in total. The first-order chi connectivity index (χ1) is 9.09. The van der Waals surface area contributed by atoms with Crippen molar-refractivity contribution in [3.63, 3.8) is 0 Å². The van der Waals surface area contributed by atoms with E-state index in [1.54, 1.807) is 0 Å². The Balaban J connectivity index is 2.31. The third kappa shape index (κ3) is 2.96. The first-order valence-corrected chi connectivity index (χ1v) is 7.23. The van der Waals surface area contributed by atoms with Crippen molar-refractivity contribution in [2.75, 3.05) is 13.2 Å². The summed E-state index contributed by atoms with van der Waals surface area (Å²) < 4.78 is 5.72. The van der Waals surface area contributed by atoms with Gasteiger partial charge in [-0.25, -0.2) is 0 Å². The summed E-state index contributed by atoms with van der Waals surface area (Å²) in [7, 11) is 0. The molecule has 104 valence electrons. The minimum atomic E-state index is 0.0413. The number of hydrogen-bond donors (Lipinski definition) is 1. The van der Waals surface area contributed by atoms with Crippen LogP contribution < -0.4 is 10.5 Å². The Morgan fingerprint density at radius 1 is 1.42 bits per heavy atom. The van der Waals surface area contributed by atoms with Gasteiger partial charge in [-0.2, -0.15) is 0 Å². The molecule has 0 heterocycles. The van der Waals surface area contributed by atoms with Crippen LogP contribution in [0, 0.1) is 0 Å². The average Bonchev–Trinajstić information content (AvgIpc) is 2.87. The van der Waals surface area contributed by atoms with E-state index in [-0.39, 0.29) is 5.41 Å². The molecule has 2 rings (SSSR count). The summed E-state index contributed by atoms with van der Waals surface area (Å²) in [5.41, 5.74) is 8.20. The number of halogens is 1. The fourth-order valence-electron chi connectivity index (χ4n) is 2.87. The van der Waals surface area contributed by atoms with E-state index in [4.69, 9.17) is 22.1 Å². The monoisotopic (exact) mass is 279 g/mol. The Morgan fingerprint density at radius 3 is 2.68 bits per heavy atom. The van der Waals surface area contributed by atoms with E-state index in [0.29, 0.717) is 13.2 Å². The highest BCUT2D eigenvalue weighted by Crippen LogP contribution is 2.45. The van der Waals surface area contributed by atoms with Gasteiger partial charge in [0, 0.05) is 12.0 Å². The molecular weight excluding hydrogens is 258 g/mol. The number of hydrogen-bond acceptors (Lipinski definition) is 2. The van der Waals surface area contributed by atoms with Crippen LogP contribution in [0.5, 0.6) is 5.75 Å². The molecule has 1 aliphatic carbocycles. The Labute approximate surface area is 120 Å². The quantitative estimate of drug-likeness (QED) is 0.825. The number of ether oxygens (including phenoxy) is 1. The Kier molecular flexibility index (Phi) is 4.54. The van der Waals surface area contributed by atoms with E-state index < -0.39 is 0 Å². The lowest BCUT2D eigenvalue weighted by molar-refractivity contribution is 0.350. The molecule has 0 aliphatic heterocycles. The highest BCUT2D eigenvalue weighted by molar-refractivity contribution is 6.33. The number of benzene rings is 1. The third-order valence-corrected chi connectivity index (χ3v) is 4.35. The minimum absolute atomic E-state index is 0.0413. The Bertz CT molecular complexity index is 464. The van der Waals surface area contributed by atoms with Crippen LogP contribution in [-0.2, 0) is 5.41 Å². The predicted molar refractivity (Wildman–Crippen MR) is 81.0 cm³/mol. The van der Waals surface area contributed by atoms with E-state index >= 15 is 0 Å². The maximum Gasteiger partial charge on any atom is 0.138 e. The molecule has 2 N–H and O–H groups in total. The molecule has 1 saturated carbocycles. The molecule has 1 aromatic carbocycles. The van der Waals surface area contributed by atoms with Gasteiger partial charge >= 0.3 is 0 Å². The van der Waals surface area contributed by atoms with Crippen LogP contribution in [-0.4, -0.2) is 13.2 Å². The van der Waals surface area contributed by atoms with Crippen LogP contribution in [0.15, 0.2) is 30.4 Å². The van der Waals surface area contributed by atoms with Crippen molar-refractivity contribution in [3.05, 3.63) is 40.9 Å². The standard InChI is InChI=1S/C16H22ClNO/c1-12(2)10-19-14-7-5-6-13(15(14)17)16(11-18)8-3-4-9-16/h5-7H,1,3-4,8-11,18H2,2H3. The first-order valence-electron chi connectivity index (χ1n) is 6.85. The average molecular weight is 280 g/mol. The second kappa shape index (κ2) is 5.98. The molecule has 0 unspecified atom stereocenters. The summed E-state index contributed by atoms with van der Waals surface area (Å²) >= 11 is 6.53. The van der Waals surface area contributed by atoms with Crippen molar-refractivity contribution in [2.24, 2.45) is 5.73 Å². The Hall–Kier alpha value is -0.990. The SMILES string of the molecule is C=C(C)COc1cccc(C2(CN)CCCC2)c1Cl. The van der Waals surface area contributed by atoms with Gasteiger partial charge in [0.15, 0.2) is 0 Å². The summed E-state index contributed by atoms with van der Waals surface area (Å²) in [6.07, 6.45) is 4.69. The highest BCUT2D eigenvalue weighted by atomic mass is 35.5. The molecule has 0 aromatic heterocycles. The van der Waals surface area contributed by atoms with E-state index in [9.17, 15) is 0 Å². The van der Waals surface area contributed by atoms with Gasteiger partial charge in [0.05, 0.1) is 5.02 Å². The van der Waals surface area contributed by atoms with E-state index in [1.165, 1.54) is 12.8 Å². The summed E-state index contributed by atoms with van der Waals surface area (Å²) in [4.78, 5) is 0. The summed E-state index contributed by atoms with van der Waals surface area (Å²) in [6, 6.07) is 6.01. The fraction of sp³-hybridized carbons (Fsp3) is 0.500. The van der Waals surface area contributed by atoms with Crippen molar-refractivity contribution >= 4 is 11.6 Å². The third-order valence-electron chi connectivity index (χ3n) is 3.96. The molecule has 0 spiro atoms. The molecule has 0 amide bonds. The van der Waals surface area contributed by atoms with Crippen LogP contribution in [0.3, 0.4) is 0 Å². The van der Waals surface area contributed by atoms with Crippen molar-refractivity contribution in [1.29, 1.82) is 0 Å². The van der Waals surface area contributed by atoms with Crippen molar-refractivity contribution in [1.82, 2.24) is 0 Å². The van der Waals surface area contributed by atoms with Gasteiger partial charge in [-0.3, -0.25) is 0 Å². The van der Waals surface area contributed by atoms with Crippen LogP contribution in [0.25, 0.3) is 0 Å². The van der Waals surface area contributed by atoms with Crippen LogP contribution in [0.2, 0.25) is 5.02 Å². The highest BCUT2D eigenvalue weighted by Gasteiger charge is 2.36. The van der Waals surface area contributed by atoms with E-state index in [0.717, 1.165) is 34.8 Å². The lowest BCUT2D eigenvalue weighted by atomic mass is 9.79. The maximum absolute atomic E-state index is 6.53. The summed E-state index contributed by atoms with van der Waals surface area (Å²) in [6.45, 7) is 6.93. The van der Waals surface area contributed by atoms with Gasteiger partial charge in [0.1, 0.15) is 12.4 Å². The number of nitrogens with two attached hydrogens (primary N) is 1. The van der Waals surface area contributed by atoms with Gasteiger partial charge < -0.3 is 10.5 Å². The second-order valence-corrected chi connectivity index (χ2v) is 5.93. The van der Waals surface area contributed by atoms with Gasteiger partial charge in [-0.15, -0.1) is 0 Å². The van der Waals surface area contributed by atoms with Crippen LogP contribution >= 0.6 is 11.6 Å². The molecule has 0 bridgehead atoms. The molecular formula is C16H22ClNO. The van der Waals surface area contributed by atoms with Crippen molar-refractivity contribution < 1.29 is 4.74 Å². The second-order valence-electron chi connectivity index (χ2n) is 5.56. The predicted octanol–water partition coefficient (Wildman–Crippen LogP) is 4.07. The zero-order chi connectivity index (χ0) is 13.9. The minimum Gasteiger partial charge on any atom is -0.488 e. The molecule has 1 aromatic rings.